The van der Waals surface area contributed by atoms with Gasteiger partial charge in [0.15, 0.2) is 5.16 Å². The van der Waals surface area contributed by atoms with Crippen LogP contribution in [-0.4, -0.2) is 43.9 Å². The van der Waals surface area contributed by atoms with Gasteiger partial charge in [-0.25, -0.2) is 9.89 Å². The Morgan fingerprint density at radius 1 is 1.40 bits per heavy atom. The van der Waals surface area contributed by atoms with Crippen LogP contribution in [0.3, 0.4) is 0 Å². The average Bonchev–Trinajstić information content (AvgIpc) is 3.23. The fourth-order valence-electron chi connectivity index (χ4n) is 1.69. The lowest BCUT2D eigenvalue weighted by atomic mass is 10.7. The number of hydrogen-bond acceptors (Lipinski definition) is 8. The van der Waals surface area contributed by atoms with Gasteiger partial charge >= 0.3 is 11.7 Å². The summed E-state index contributed by atoms with van der Waals surface area (Å²) in [5.41, 5.74) is -0.204. The Kier molecular flexibility index (Phi) is 3.30. The molecule has 9 nitrogen and oxygen atoms in total. The van der Waals surface area contributed by atoms with E-state index >= 15 is 0 Å². The van der Waals surface area contributed by atoms with E-state index in [-0.39, 0.29) is 17.7 Å². The van der Waals surface area contributed by atoms with Gasteiger partial charge in [0.1, 0.15) is 0 Å². The lowest BCUT2D eigenvalue weighted by molar-refractivity contribution is 0.373. The molecule has 0 aromatic carbocycles. The standard InChI is InChI=1S/C10H13N7O2S/c1-11-6-12-7(19-2)14-8(13-6)20-10-16-15-9(18)17(10)5-3-4-5/h5H,3-4H2,1-2H3,(H,15,18)(H,11,12,13,14). The van der Waals surface area contributed by atoms with Gasteiger partial charge in [0, 0.05) is 13.1 Å². The molecule has 0 radical (unpaired) electrons. The van der Waals surface area contributed by atoms with Crippen LogP contribution in [-0.2, 0) is 0 Å². The van der Waals surface area contributed by atoms with E-state index in [2.05, 4.69) is 30.5 Å². The number of H-pyrrole nitrogens is 1. The molecule has 0 spiro atoms. The predicted octanol–water partition coefficient (Wildman–Crippen LogP) is 0.293. The van der Waals surface area contributed by atoms with Crippen molar-refractivity contribution in [3.8, 4) is 6.01 Å². The summed E-state index contributed by atoms with van der Waals surface area (Å²) < 4.78 is 6.66. The summed E-state index contributed by atoms with van der Waals surface area (Å²) >= 11 is 1.20. The number of aromatic nitrogens is 6. The van der Waals surface area contributed by atoms with Crippen LogP contribution in [0.1, 0.15) is 18.9 Å². The van der Waals surface area contributed by atoms with Gasteiger partial charge in [-0.1, -0.05) is 0 Å². The van der Waals surface area contributed by atoms with Gasteiger partial charge in [-0.05, 0) is 24.6 Å². The van der Waals surface area contributed by atoms with Crippen LogP contribution in [0.25, 0.3) is 0 Å². The summed E-state index contributed by atoms with van der Waals surface area (Å²) in [4.78, 5) is 24.1. The third kappa shape index (κ3) is 2.46. The zero-order valence-electron chi connectivity index (χ0n) is 11.0. The molecule has 1 saturated carbocycles. The highest BCUT2D eigenvalue weighted by atomic mass is 32.2. The first-order chi connectivity index (χ1) is 9.71. The molecule has 1 aliphatic rings. The molecule has 0 aliphatic heterocycles. The largest absolute Gasteiger partial charge is 0.467 e. The molecule has 2 N–H and O–H groups in total. The highest BCUT2D eigenvalue weighted by Crippen LogP contribution is 2.37. The minimum Gasteiger partial charge on any atom is -0.467 e. The summed E-state index contributed by atoms with van der Waals surface area (Å²) in [5, 5.41) is 10.3. The van der Waals surface area contributed by atoms with Gasteiger partial charge in [0.25, 0.3) is 0 Å². The van der Waals surface area contributed by atoms with E-state index in [1.54, 1.807) is 11.6 Å². The van der Waals surface area contributed by atoms with Crippen LogP contribution in [0.4, 0.5) is 5.95 Å². The molecule has 0 saturated heterocycles. The summed E-state index contributed by atoms with van der Waals surface area (Å²) in [7, 11) is 3.19. The second-order valence-corrected chi connectivity index (χ2v) is 5.13. The molecule has 2 aromatic heterocycles. The van der Waals surface area contributed by atoms with Gasteiger partial charge in [-0.2, -0.15) is 15.0 Å². The molecule has 2 aromatic rings. The van der Waals surface area contributed by atoms with Crippen LogP contribution >= 0.6 is 11.8 Å². The van der Waals surface area contributed by atoms with Crippen LogP contribution in [0.2, 0.25) is 0 Å². The Balaban J connectivity index is 1.93. The Bertz CT molecular complexity index is 656. The first kappa shape index (κ1) is 12.9. The molecular weight excluding hydrogens is 282 g/mol. The summed E-state index contributed by atoms with van der Waals surface area (Å²) in [6, 6.07) is 0.443. The predicted molar refractivity (Wildman–Crippen MR) is 71.2 cm³/mol. The second-order valence-electron chi connectivity index (χ2n) is 4.19. The highest BCUT2D eigenvalue weighted by Gasteiger charge is 2.29. The van der Waals surface area contributed by atoms with Crippen LogP contribution in [0, 0.1) is 0 Å². The van der Waals surface area contributed by atoms with E-state index in [0.717, 1.165) is 12.8 Å². The average molecular weight is 295 g/mol. The van der Waals surface area contributed by atoms with Crippen molar-refractivity contribution in [2.24, 2.45) is 0 Å². The maximum atomic E-state index is 11.7. The Hall–Kier alpha value is -2.10. The van der Waals surface area contributed by atoms with Crippen molar-refractivity contribution in [3.63, 3.8) is 0 Å². The van der Waals surface area contributed by atoms with E-state index in [1.807, 2.05) is 0 Å². The number of nitrogens with one attached hydrogen (secondary N) is 2. The molecule has 1 fully saturated rings. The van der Waals surface area contributed by atoms with Gasteiger partial charge in [-0.15, -0.1) is 5.10 Å². The third-order valence-electron chi connectivity index (χ3n) is 2.77. The van der Waals surface area contributed by atoms with E-state index in [9.17, 15) is 4.79 Å². The number of methoxy groups -OCH3 is 1. The zero-order chi connectivity index (χ0) is 14.1. The number of ether oxygens (including phenoxy) is 1. The van der Waals surface area contributed by atoms with Crippen LogP contribution in [0.15, 0.2) is 15.1 Å². The monoisotopic (exact) mass is 295 g/mol. The van der Waals surface area contributed by atoms with E-state index in [0.29, 0.717) is 16.3 Å². The number of hydrogen-bond donors (Lipinski definition) is 2. The van der Waals surface area contributed by atoms with E-state index < -0.39 is 0 Å². The maximum Gasteiger partial charge on any atom is 0.344 e. The van der Waals surface area contributed by atoms with E-state index in [4.69, 9.17) is 4.74 Å². The Morgan fingerprint density at radius 2 is 2.20 bits per heavy atom. The fourth-order valence-corrected chi connectivity index (χ4v) is 2.53. The van der Waals surface area contributed by atoms with Crippen LogP contribution < -0.4 is 15.7 Å². The molecule has 20 heavy (non-hydrogen) atoms. The van der Waals surface area contributed by atoms with Crippen molar-refractivity contribution < 1.29 is 4.74 Å². The first-order valence-electron chi connectivity index (χ1n) is 6.04. The lowest BCUT2D eigenvalue weighted by Gasteiger charge is -2.05. The van der Waals surface area contributed by atoms with Crippen molar-refractivity contribution in [1.82, 2.24) is 29.7 Å². The normalized spacial score (nSPS) is 14.3. The SMILES string of the molecule is CNc1nc(OC)nc(Sc2n[nH]c(=O)n2C2CC2)n1. The molecule has 2 heterocycles. The number of anilines is 1. The summed E-state index contributed by atoms with van der Waals surface area (Å²) in [6.07, 6.45) is 1.99. The Morgan fingerprint density at radius 3 is 2.85 bits per heavy atom. The minimum atomic E-state index is -0.204. The molecule has 3 rings (SSSR count). The summed E-state index contributed by atoms with van der Waals surface area (Å²) in [5.74, 6) is 0.398. The minimum absolute atomic E-state index is 0.204. The third-order valence-corrected chi connectivity index (χ3v) is 3.60. The molecule has 1 aliphatic carbocycles. The van der Waals surface area contributed by atoms with Crippen molar-refractivity contribution in [2.45, 2.75) is 29.2 Å². The number of rotatable bonds is 5. The van der Waals surface area contributed by atoms with Crippen LogP contribution in [0.5, 0.6) is 6.01 Å². The lowest BCUT2D eigenvalue weighted by Crippen LogP contribution is -2.16. The second kappa shape index (κ2) is 5.12. The van der Waals surface area contributed by atoms with E-state index in [1.165, 1.54) is 18.9 Å². The number of aromatic amines is 1. The van der Waals surface area contributed by atoms with Crippen molar-refractivity contribution in [3.05, 3.63) is 10.5 Å². The molecule has 0 amide bonds. The molecule has 0 atom stereocenters. The summed E-state index contributed by atoms with van der Waals surface area (Å²) in [6.45, 7) is 0. The quantitative estimate of drug-likeness (QED) is 0.810. The Labute approximate surface area is 118 Å². The molecule has 0 unspecified atom stereocenters. The van der Waals surface area contributed by atoms with Crippen molar-refractivity contribution >= 4 is 17.7 Å². The number of nitrogens with zero attached hydrogens (tertiary/aromatic N) is 5. The fraction of sp³-hybridized carbons (Fsp3) is 0.500. The van der Waals surface area contributed by atoms with Crippen molar-refractivity contribution in [1.29, 1.82) is 0 Å². The molecular formula is C10H13N7O2S. The van der Waals surface area contributed by atoms with Gasteiger partial charge < -0.3 is 10.1 Å². The van der Waals surface area contributed by atoms with Gasteiger partial charge in [0.2, 0.25) is 11.1 Å². The highest BCUT2D eigenvalue weighted by molar-refractivity contribution is 7.99. The topological polar surface area (TPSA) is 111 Å². The first-order valence-corrected chi connectivity index (χ1v) is 6.85. The molecule has 0 bridgehead atoms. The smallest absolute Gasteiger partial charge is 0.344 e. The zero-order valence-corrected chi connectivity index (χ0v) is 11.8. The maximum absolute atomic E-state index is 11.7. The van der Waals surface area contributed by atoms with Gasteiger partial charge in [-0.3, -0.25) is 4.57 Å². The van der Waals surface area contributed by atoms with Gasteiger partial charge in [0.05, 0.1) is 7.11 Å². The molecule has 106 valence electrons. The molecule has 10 heteroatoms. The van der Waals surface area contributed by atoms with Crippen molar-refractivity contribution in [2.75, 3.05) is 19.5 Å².